The molecule has 0 saturated heterocycles. The Morgan fingerprint density at radius 1 is 1.38 bits per heavy atom. The highest BCUT2D eigenvalue weighted by atomic mass is 19.4. The molecule has 0 spiro atoms. The molecule has 1 aliphatic rings. The minimum atomic E-state index is -4.34. The summed E-state index contributed by atoms with van der Waals surface area (Å²) >= 11 is 0. The van der Waals surface area contributed by atoms with Crippen molar-refractivity contribution >= 4 is 5.96 Å². The summed E-state index contributed by atoms with van der Waals surface area (Å²) in [6, 6.07) is 5.23. The number of ether oxygens (including phenoxy) is 1. The molecule has 1 aromatic carbocycles. The minimum absolute atomic E-state index is 0.251. The van der Waals surface area contributed by atoms with Crippen LogP contribution >= 0.6 is 0 Å². The van der Waals surface area contributed by atoms with E-state index in [0.29, 0.717) is 12.1 Å². The average Bonchev–Trinajstić information content (AvgIpc) is 2.80. The number of halogens is 3. The molecule has 0 fully saturated rings. The predicted octanol–water partition coefficient (Wildman–Crippen LogP) is 2.33. The van der Waals surface area contributed by atoms with Gasteiger partial charge in [-0.1, -0.05) is 12.1 Å². The van der Waals surface area contributed by atoms with Crippen LogP contribution in [-0.4, -0.2) is 43.8 Å². The molecule has 116 valence electrons. The molecule has 1 aliphatic heterocycles. The zero-order valence-electron chi connectivity index (χ0n) is 12.0. The molecule has 0 saturated carbocycles. The van der Waals surface area contributed by atoms with Crippen molar-refractivity contribution in [2.75, 3.05) is 26.7 Å². The number of nitrogens with zero attached hydrogens (tertiary/aromatic N) is 2. The lowest BCUT2D eigenvalue weighted by Gasteiger charge is -2.17. The van der Waals surface area contributed by atoms with Crippen molar-refractivity contribution in [3.63, 3.8) is 0 Å². The van der Waals surface area contributed by atoms with Crippen molar-refractivity contribution in [1.82, 2.24) is 10.2 Å². The third-order valence-electron chi connectivity index (χ3n) is 3.11. The van der Waals surface area contributed by atoms with Crippen LogP contribution in [-0.2, 0) is 6.54 Å². The van der Waals surface area contributed by atoms with Crippen LogP contribution in [0.2, 0.25) is 0 Å². The van der Waals surface area contributed by atoms with Gasteiger partial charge in [0.1, 0.15) is 5.75 Å². The molecule has 2 rings (SSSR count). The van der Waals surface area contributed by atoms with Gasteiger partial charge in [0.2, 0.25) is 0 Å². The smallest absolute Gasteiger partial charge is 0.422 e. The largest absolute Gasteiger partial charge is 0.484 e. The molecule has 0 radical (unpaired) electrons. The second-order valence-corrected chi connectivity index (χ2v) is 5.00. The maximum Gasteiger partial charge on any atom is 0.422 e. The van der Waals surface area contributed by atoms with E-state index in [0.717, 1.165) is 24.6 Å². The number of guanidine groups is 1. The predicted molar refractivity (Wildman–Crippen MR) is 74.5 cm³/mol. The molecule has 1 N–H and O–H groups in total. The quantitative estimate of drug-likeness (QED) is 0.927. The summed E-state index contributed by atoms with van der Waals surface area (Å²) in [5, 5.41) is 3.12. The third kappa shape index (κ3) is 4.54. The van der Waals surface area contributed by atoms with E-state index in [1.807, 2.05) is 24.9 Å². The van der Waals surface area contributed by atoms with Crippen LogP contribution in [0.15, 0.2) is 23.2 Å². The van der Waals surface area contributed by atoms with Crippen LogP contribution in [0.1, 0.15) is 11.1 Å². The van der Waals surface area contributed by atoms with Gasteiger partial charge in [-0.2, -0.15) is 13.2 Å². The van der Waals surface area contributed by atoms with Crippen molar-refractivity contribution in [3.05, 3.63) is 29.3 Å². The fourth-order valence-corrected chi connectivity index (χ4v) is 2.00. The zero-order valence-corrected chi connectivity index (χ0v) is 12.0. The molecular formula is C14H18F3N3O. The van der Waals surface area contributed by atoms with Crippen LogP contribution in [0.4, 0.5) is 13.2 Å². The Morgan fingerprint density at radius 2 is 2.14 bits per heavy atom. The van der Waals surface area contributed by atoms with Gasteiger partial charge in [-0.3, -0.25) is 4.99 Å². The maximum atomic E-state index is 12.3. The van der Waals surface area contributed by atoms with Crippen molar-refractivity contribution in [1.29, 1.82) is 0 Å². The first-order chi connectivity index (χ1) is 9.85. The number of aliphatic imine (C=N–C) groups is 1. The number of hydrogen-bond donors (Lipinski definition) is 1. The van der Waals surface area contributed by atoms with Crippen molar-refractivity contribution in [3.8, 4) is 5.75 Å². The fourth-order valence-electron chi connectivity index (χ4n) is 2.00. The molecule has 0 bridgehead atoms. The van der Waals surface area contributed by atoms with Crippen molar-refractivity contribution in [2.45, 2.75) is 19.6 Å². The van der Waals surface area contributed by atoms with E-state index in [-0.39, 0.29) is 5.75 Å². The highest BCUT2D eigenvalue weighted by Crippen LogP contribution is 2.23. The van der Waals surface area contributed by atoms with Crippen LogP contribution in [0.3, 0.4) is 0 Å². The molecule has 0 atom stereocenters. The number of alkyl halides is 3. The molecule has 0 amide bonds. The SMILES string of the molecule is Cc1ccc(CNC2=NCCN2C)c(OCC(F)(F)F)c1. The van der Waals surface area contributed by atoms with Gasteiger partial charge in [0.05, 0.1) is 6.54 Å². The molecule has 4 nitrogen and oxygen atoms in total. The maximum absolute atomic E-state index is 12.3. The van der Waals surface area contributed by atoms with E-state index < -0.39 is 12.8 Å². The Hall–Kier alpha value is -1.92. The van der Waals surface area contributed by atoms with Gasteiger partial charge in [-0.05, 0) is 18.6 Å². The fraction of sp³-hybridized carbons (Fsp3) is 0.500. The highest BCUT2D eigenvalue weighted by molar-refractivity contribution is 5.81. The molecule has 0 aliphatic carbocycles. The topological polar surface area (TPSA) is 36.9 Å². The molecule has 0 unspecified atom stereocenters. The Bertz CT molecular complexity index is 529. The molecule has 0 aromatic heterocycles. The van der Waals surface area contributed by atoms with E-state index >= 15 is 0 Å². The number of hydrogen-bond acceptors (Lipinski definition) is 4. The van der Waals surface area contributed by atoms with Crippen LogP contribution in [0.5, 0.6) is 5.75 Å². The van der Waals surface area contributed by atoms with Gasteiger partial charge < -0.3 is 15.0 Å². The van der Waals surface area contributed by atoms with Crippen LogP contribution in [0.25, 0.3) is 0 Å². The third-order valence-corrected chi connectivity index (χ3v) is 3.11. The summed E-state index contributed by atoms with van der Waals surface area (Å²) in [5.41, 5.74) is 1.53. The van der Waals surface area contributed by atoms with Crippen molar-refractivity contribution < 1.29 is 17.9 Å². The minimum Gasteiger partial charge on any atom is -0.484 e. The molecule has 1 aromatic rings. The number of likely N-dealkylation sites (N-methyl/N-ethyl adjacent to an activating group) is 1. The summed E-state index contributed by atoms with van der Waals surface area (Å²) in [7, 11) is 1.91. The number of aryl methyl sites for hydroxylation is 1. The number of benzene rings is 1. The summed E-state index contributed by atoms with van der Waals surface area (Å²) in [6.07, 6.45) is -4.34. The molecular weight excluding hydrogens is 283 g/mol. The summed E-state index contributed by atoms with van der Waals surface area (Å²) in [5.74, 6) is 0.999. The Labute approximate surface area is 121 Å². The van der Waals surface area contributed by atoms with E-state index in [4.69, 9.17) is 4.74 Å². The van der Waals surface area contributed by atoms with Crippen molar-refractivity contribution in [2.24, 2.45) is 4.99 Å². The lowest BCUT2D eigenvalue weighted by molar-refractivity contribution is -0.153. The van der Waals surface area contributed by atoms with Crippen LogP contribution < -0.4 is 10.1 Å². The summed E-state index contributed by atoms with van der Waals surface area (Å²) in [6.45, 7) is 2.46. The molecule has 1 heterocycles. The molecule has 7 heteroatoms. The van der Waals surface area contributed by atoms with E-state index in [2.05, 4.69) is 10.3 Å². The zero-order chi connectivity index (χ0) is 15.5. The second kappa shape index (κ2) is 6.24. The van der Waals surface area contributed by atoms with Gasteiger partial charge in [-0.25, -0.2) is 0 Å². The first kappa shape index (κ1) is 15.5. The van der Waals surface area contributed by atoms with Gasteiger partial charge >= 0.3 is 6.18 Å². The number of rotatable bonds is 4. The molecule has 21 heavy (non-hydrogen) atoms. The lowest BCUT2D eigenvalue weighted by Crippen LogP contribution is -2.35. The average molecular weight is 301 g/mol. The summed E-state index contributed by atoms with van der Waals surface area (Å²) in [4.78, 5) is 6.24. The normalized spacial score (nSPS) is 15.1. The Kier molecular flexibility index (Phi) is 4.59. The first-order valence-corrected chi connectivity index (χ1v) is 6.64. The highest BCUT2D eigenvalue weighted by Gasteiger charge is 2.28. The van der Waals surface area contributed by atoms with E-state index in [9.17, 15) is 13.2 Å². The standard InChI is InChI=1S/C14H18F3N3O/c1-10-3-4-11(8-19-13-18-5-6-20(13)2)12(7-10)21-9-14(15,16)17/h3-4,7H,5-6,8-9H2,1-2H3,(H,18,19). The van der Waals surface area contributed by atoms with Gasteiger partial charge in [0, 0.05) is 25.7 Å². The van der Waals surface area contributed by atoms with Crippen LogP contribution in [0, 0.1) is 6.92 Å². The summed E-state index contributed by atoms with van der Waals surface area (Å²) < 4.78 is 41.8. The first-order valence-electron chi connectivity index (χ1n) is 6.64. The van der Waals surface area contributed by atoms with Gasteiger partial charge in [0.25, 0.3) is 0 Å². The Morgan fingerprint density at radius 3 is 2.76 bits per heavy atom. The van der Waals surface area contributed by atoms with E-state index in [1.165, 1.54) is 0 Å². The van der Waals surface area contributed by atoms with Gasteiger partial charge in [0.15, 0.2) is 12.6 Å². The van der Waals surface area contributed by atoms with Gasteiger partial charge in [-0.15, -0.1) is 0 Å². The second-order valence-electron chi connectivity index (χ2n) is 5.00. The lowest BCUT2D eigenvalue weighted by atomic mass is 10.1. The van der Waals surface area contributed by atoms with E-state index in [1.54, 1.807) is 12.1 Å². The monoisotopic (exact) mass is 301 g/mol. The Balaban J connectivity index is 2.04. The number of nitrogens with one attached hydrogen (secondary N) is 1.